The van der Waals surface area contributed by atoms with E-state index in [1.807, 2.05) is 0 Å². The normalized spacial score (nSPS) is 12.7. The first-order valence-corrected chi connectivity index (χ1v) is 11.1. The molecule has 2 heterocycles. The molecule has 142 valence electrons. The number of benzene rings is 2. The molecule has 2 N–H and O–H groups in total. The molecule has 0 fully saturated rings. The summed E-state index contributed by atoms with van der Waals surface area (Å²) in [7, 11) is -4.05. The van der Waals surface area contributed by atoms with Crippen LogP contribution in [0.1, 0.15) is 11.6 Å². The Morgan fingerprint density at radius 3 is 2.61 bits per heavy atom. The third-order valence-electron chi connectivity index (χ3n) is 3.87. The number of amides is 1. The summed E-state index contributed by atoms with van der Waals surface area (Å²) >= 11 is 2.17. The van der Waals surface area contributed by atoms with Crippen LogP contribution in [0, 0.1) is 0 Å². The van der Waals surface area contributed by atoms with Crippen molar-refractivity contribution in [2.45, 2.75) is 10.9 Å². The molecule has 4 rings (SSSR count). The average molecular weight is 432 g/mol. The number of nitrogens with zero attached hydrogens (tertiary/aromatic N) is 3. The summed E-state index contributed by atoms with van der Waals surface area (Å²) < 4.78 is 36.8. The second-order valence-corrected chi connectivity index (χ2v) is 8.79. The first-order valence-electron chi connectivity index (χ1n) is 8.03. The molecule has 0 aliphatic heterocycles. The van der Waals surface area contributed by atoms with Gasteiger partial charge in [0.15, 0.2) is 5.13 Å². The van der Waals surface area contributed by atoms with E-state index >= 15 is 0 Å². The van der Waals surface area contributed by atoms with E-state index in [4.69, 9.17) is 0 Å². The molecule has 0 saturated carbocycles. The Kier molecular flexibility index (Phi) is 5.13. The second-order valence-electron chi connectivity index (χ2n) is 5.68. The zero-order chi connectivity index (χ0) is 19.6. The van der Waals surface area contributed by atoms with Crippen molar-refractivity contribution in [2.75, 3.05) is 5.32 Å². The fourth-order valence-electron chi connectivity index (χ4n) is 2.60. The van der Waals surface area contributed by atoms with Crippen molar-refractivity contribution in [2.24, 2.45) is 0 Å². The van der Waals surface area contributed by atoms with Gasteiger partial charge in [-0.3, -0.25) is 4.79 Å². The number of anilines is 1. The first-order chi connectivity index (χ1) is 13.5. The predicted molar refractivity (Wildman–Crippen MR) is 108 cm³/mol. The number of aromatic nitrogens is 3. The van der Waals surface area contributed by atoms with Crippen LogP contribution in [-0.4, -0.2) is 28.1 Å². The fraction of sp³-hybridized carbons (Fsp3) is 0.0588. The largest absolute Gasteiger partial charge is 0.300 e. The quantitative estimate of drug-likeness (QED) is 0.485. The third kappa shape index (κ3) is 3.78. The van der Waals surface area contributed by atoms with Gasteiger partial charge in [0.25, 0.3) is 0 Å². The number of hydrogen-bond acceptors (Lipinski definition) is 8. The highest BCUT2D eigenvalue weighted by atomic mass is 32.2. The number of hydrogen-bond donors (Lipinski definition) is 2. The molecule has 0 saturated heterocycles. The van der Waals surface area contributed by atoms with Gasteiger partial charge >= 0.3 is 0 Å². The fourth-order valence-corrected chi connectivity index (χ4v) is 5.08. The van der Waals surface area contributed by atoms with Gasteiger partial charge < -0.3 is 5.32 Å². The number of carbonyl (C=O) groups excluding carboxylic acids is 1. The molecule has 0 bridgehead atoms. The highest BCUT2D eigenvalue weighted by Crippen LogP contribution is 2.24. The molecule has 2 aromatic carbocycles. The molecule has 1 atom stereocenters. The lowest BCUT2D eigenvalue weighted by atomic mass is 10.1. The minimum Gasteiger partial charge on any atom is -0.300 e. The summed E-state index contributed by atoms with van der Waals surface area (Å²) in [6.07, 6.45) is 1.55. The predicted octanol–water partition coefficient (Wildman–Crippen LogP) is 2.81. The molecule has 0 spiro atoms. The number of carbonyl (C=O) groups is 1. The summed E-state index contributed by atoms with van der Waals surface area (Å²) in [5, 5.41) is 4.74. The Labute approximate surface area is 168 Å². The molecule has 8 nitrogen and oxygen atoms in total. The number of nitrogens with one attached hydrogen (secondary N) is 2. The molecule has 0 aliphatic carbocycles. The SMILES string of the molecule is O=C(Nc1nccs1)[C@H](NS(=O)(=O)c1cccc2nsnc12)c1ccccc1. The van der Waals surface area contributed by atoms with Gasteiger partial charge in [0, 0.05) is 11.6 Å². The van der Waals surface area contributed by atoms with Crippen LogP contribution in [0.4, 0.5) is 5.13 Å². The second kappa shape index (κ2) is 7.72. The Bertz CT molecular complexity index is 1210. The summed E-state index contributed by atoms with van der Waals surface area (Å²) in [6, 6.07) is 12.2. The van der Waals surface area contributed by atoms with Crippen LogP contribution in [0.25, 0.3) is 11.0 Å². The van der Waals surface area contributed by atoms with E-state index in [1.165, 1.54) is 17.4 Å². The van der Waals surface area contributed by atoms with Crippen LogP contribution < -0.4 is 10.0 Å². The van der Waals surface area contributed by atoms with E-state index in [0.717, 1.165) is 11.7 Å². The molecular weight excluding hydrogens is 418 g/mol. The van der Waals surface area contributed by atoms with Crippen molar-refractivity contribution in [3.8, 4) is 0 Å². The van der Waals surface area contributed by atoms with Gasteiger partial charge in [-0.1, -0.05) is 36.4 Å². The number of fused-ring (bicyclic) bond motifs is 1. The van der Waals surface area contributed by atoms with Crippen molar-refractivity contribution < 1.29 is 13.2 Å². The highest BCUT2D eigenvalue weighted by molar-refractivity contribution is 7.89. The Morgan fingerprint density at radius 1 is 1.04 bits per heavy atom. The summed E-state index contributed by atoms with van der Waals surface area (Å²) in [6.45, 7) is 0. The van der Waals surface area contributed by atoms with Crippen LogP contribution in [0.15, 0.2) is 65.0 Å². The number of sulfonamides is 1. The lowest BCUT2D eigenvalue weighted by Gasteiger charge is -2.18. The number of thiazole rings is 1. The van der Waals surface area contributed by atoms with E-state index < -0.39 is 22.0 Å². The Balaban J connectivity index is 1.70. The van der Waals surface area contributed by atoms with E-state index in [0.29, 0.717) is 16.2 Å². The molecule has 4 aromatic rings. The van der Waals surface area contributed by atoms with Crippen LogP contribution in [0.2, 0.25) is 0 Å². The van der Waals surface area contributed by atoms with Crippen LogP contribution in [-0.2, 0) is 14.8 Å². The maximum atomic E-state index is 13.1. The molecule has 2 aromatic heterocycles. The summed E-state index contributed by atoms with van der Waals surface area (Å²) in [5.41, 5.74) is 1.26. The standard InChI is InChI=1S/C17H13N5O3S3/c23-16(19-17-18-9-10-26-17)14(11-5-2-1-3-6-11)22-28(24,25)13-8-4-7-12-15(13)21-27-20-12/h1-10,14,22H,(H,18,19,23)/t14-/m1/s1. The van der Waals surface area contributed by atoms with Crippen LogP contribution >= 0.6 is 23.1 Å². The van der Waals surface area contributed by atoms with Crippen LogP contribution in [0.3, 0.4) is 0 Å². The Morgan fingerprint density at radius 2 is 1.86 bits per heavy atom. The van der Waals surface area contributed by atoms with Gasteiger partial charge in [0.1, 0.15) is 22.0 Å². The summed E-state index contributed by atoms with van der Waals surface area (Å²) in [4.78, 5) is 16.8. The maximum Gasteiger partial charge on any atom is 0.248 e. The van der Waals surface area contributed by atoms with E-state index in [9.17, 15) is 13.2 Å². The van der Waals surface area contributed by atoms with Gasteiger partial charge in [0.05, 0.1) is 11.7 Å². The lowest BCUT2D eigenvalue weighted by molar-refractivity contribution is -0.117. The molecule has 0 unspecified atom stereocenters. The van der Waals surface area contributed by atoms with Crippen LogP contribution in [0.5, 0.6) is 0 Å². The van der Waals surface area contributed by atoms with Gasteiger partial charge in [-0.15, -0.1) is 11.3 Å². The van der Waals surface area contributed by atoms with E-state index in [2.05, 4.69) is 23.8 Å². The first kappa shape index (κ1) is 18.6. The zero-order valence-electron chi connectivity index (χ0n) is 14.1. The van der Waals surface area contributed by atoms with Gasteiger partial charge in [-0.2, -0.15) is 13.5 Å². The molecule has 11 heteroatoms. The zero-order valence-corrected chi connectivity index (χ0v) is 16.6. The maximum absolute atomic E-state index is 13.1. The van der Waals surface area contributed by atoms with Crippen molar-refractivity contribution in [3.05, 3.63) is 65.7 Å². The highest BCUT2D eigenvalue weighted by Gasteiger charge is 2.29. The van der Waals surface area contributed by atoms with Crippen molar-refractivity contribution >= 4 is 55.2 Å². The average Bonchev–Trinajstić information content (AvgIpc) is 3.38. The smallest absolute Gasteiger partial charge is 0.248 e. The van der Waals surface area contributed by atoms with Crippen molar-refractivity contribution in [1.29, 1.82) is 0 Å². The Hall–Kier alpha value is -2.73. The molecular formula is C17H13N5O3S3. The van der Waals surface area contributed by atoms with Crippen molar-refractivity contribution in [3.63, 3.8) is 0 Å². The molecule has 0 radical (unpaired) electrons. The lowest BCUT2D eigenvalue weighted by Crippen LogP contribution is -2.37. The van der Waals surface area contributed by atoms with Gasteiger partial charge in [0.2, 0.25) is 15.9 Å². The van der Waals surface area contributed by atoms with Gasteiger partial charge in [-0.05, 0) is 17.7 Å². The summed E-state index contributed by atoms with van der Waals surface area (Å²) in [5.74, 6) is -0.534. The molecule has 1 amide bonds. The van der Waals surface area contributed by atoms with Gasteiger partial charge in [-0.25, -0.2) is 13.4 Å². The van der Waals surface area contributed by atoms with E-state index in [1.54, 1.807) is 54.0 Å². The topological polar surface area (TPSA) is 114 Å². The monoisotopic (exact) mass is 431 g/mol. The van der Waals surface area contributed by atoms with E-state index in [-0.39, 0.29) is 10.4 Å². The minimum absolute atomic E-state index is 0.0262. The molecule has 0 aliphatic rings. The third-order valence-corrected chi connectivity index (χ3v) is 6.55. The number of rotatable bonds is 6. The van der Waals surface area contributed by atoms with Crippen molar-refractivity contribution in [1.82, 2.24) is 18.5 Å². The minimum atomic E-state index is -4.05. The molecule has 28 heavy (non-hydrogen) atoms.